The first kappa shape index (κ1) is 22.7. The van der Waals surface area contributed by atoms with E-state index in [1.165, 1.54) is 0 Å². The molecule has 0 fully saturated rings. The summed E-state index contributed by atoms with van der Waals surface area (Å²) in [5, 5.41) is 8.10. The van der Waals surface area contributed by atoms with Gasteiger partial charge in [0.05, 0.1) is 18.8 Å². The molecule has 0 unspecified atom stereocenters. The third-order valence-corrected chi connectivity index (χ3v) is 5.97. The van der Waals surface area contributed by atoms with E-state index in [0.29, 0.717) is 6.42 Å². The molecule has 0 aliphatic carbocycles. The third-order valence-electron chi connectivity index (χ3n) is 5.06. The summed E-state index contributed by atoms with van der Waals surface area (Å²) in [6.07, 6.45) is 3.75. The topological polar surface area (TPSA) is 73.3 Å². The molecule has 0 radical (unpaired) electrons. The van der Waals surface area contributed by atoms with Crippen LogP contribution in [0.4, 0.5) is 4.79 Å². The molecule has 33 heavy (non-hydrogen) atoms. The summed E-state index contributed by atoms with van der Waals surface area (Å²) in [5.41, 5.74) is 2.31. The van der Waals surface area contributed by atoms with E-state index in [9.17, 15) is 4.79 Å². The lowest BCUT2D eigenvalue weighted by Crippen LogP contribution is -2.35. The Morgan fingerprint density at radius 2 is 1.88 bits per heavy atom. The normalized spacial score (nSPS) is 12.4. The first-order chi connectivity index (χ1) is 15.8. The average Bonchev–Trinajstić information content (AvgIpc) is 3.28. The van der Waals surface area contributed by atoms with Crippen LogP contribution in [0.2, 0.25) is 0 Å². The number of aromatic nitrogens is 2. The van der Waals surface area contributed by atoms with Crippen LogP contribution >= 0.6 is 11.3 Å². The maximum absolute atomic E-state index is 12.6. The number of benzene rings is 2. The number of ether oxygens (including phenoxy) is 2. The molecule has 0 saturated heterocycles. The number of nitrogens with one attached hydrogen (secondary N) is 1. The number of fused-ring (bicyclic) bond motifs is 1. The predicted molar refractivity (Wildman–Crippen MR) is 132 cm³/mol. The van der Waals surface area contributed by atoms with E-state index in [4.69, 9.17) is 14.5 Å². The predicted octanol–water partition coefficient (Wildman–Crippen LogP) is 6.18. The number of rotatable bonds is 6. The molecule has 4 rings (SSSR count). The number of nitrogens with zero attached hydrogens (tertiary/aromatic N) is 2. The van der Waals surface area contributed by atoms with Gasteiger partial charge >= 0.3 is 6.09 Å². The van der Waals surface area contributed by atoms with Gasteiger partial charge in [-0.2, -0.15) is 0 Å². The molecule has 2 aromatic heterocycles. The highest BCUT2D eigenvalue weighted by molar-refractivity contribution is 7.13. The number of alkyl carbamates (subject to hydrolysis) is 1. The Hall–Kier alpha value is -3.45. The van der Waals surface area contributed by atoms with Crippen molar-refractivity contribution in [3.63, 3.8) is 0 Å². The second-order valence-electron chi connectivity index (χ2n) is 8.77. The van der Waals surface area contributed by atoms with Gasteiger partial charge in [-0.05, 0) is 62.4 Å². The standard InChI is InChI=1S/C26H27N3O3S/c1-26(2,3)32-25(30)29-22(13-17-5-9-21(31-4)10-6-17)23-16-33-24(28-23)19-7-8-20-15-27-12-11-18(20)14-19/h5-12,14-16,22H,13H2,1-4H3,(H,29,30)/t22-/m0/s1. The average molecular weight is 462 g/mol. The minimum atomic E-state index is -0.581. The van der Waals surface area contributed by atoms with Crippen molar-refractivity contribution >= 4 is 28.2 Å². The SMILES string of the molecule is COc1ccc(C[C@H](NC(=O)OC(C)(C)C)c2csc(-c3ccc4cnccc4c3)n2)cc1. The summed E-state index contributed by atoms with van der Waals surface area (Å²) < 4.78 is 10.8. The summed E-state index contributed by atoms with van der Waals surface area (Å²) in [6.45, 7) is 5.55. The quantitative estimate of drug-likeness (QED) is 0.371. The van der Waals surface area contributed by atoms with E-state index in [2.05, 4.69) is 16.4 Å². The van der Waals surface area contributed by atoms with Gasteiger partial charge in [0.25, 0.3) is 0 Å². The lowest BCUT2D eigenvalue weighted by Gasteiger charge is -2.23. The molecule has 7 heteroatoms. The number of carbonyl (C=O) groups is 1. The van der Waals surface area contributed by atoms with Crippen molar-refractivity contribution in [3.05, 3.63) is 77.6 Å². The fraction of sp³-hybridized carbons (Fsp3) is 0.269. The van der Waals surface area contributed by atoms with Crippen LogP contribution in [0, 0.1) is 0 Å². The first-order valence-electron chi connectivity index (χ1n) is 10.7. The number of pyridine rings is 1. The fourth-order valence-electron chi connectivity index (χ4n) is 3.47. The lowest BCUT2D eigenvalue weighted by molar-refractivity contribution is 0.0502. The van der Waals surface area contributed by atoms with Crippen molar-refractivity contribution in [2.75, 3.05) is 7.11 Å². The summed E-state index contributed by atoms with van der Waals surface area (Å²) in [5.74, 6) is 0.790. The Morgan fingerprint density at radius 3 is 2.61 bits per heavy atom. The number of thiazole rings is 1. The summed E-state index contributed by atoms with van der Waals surface area (Å²) in [6, 6.07) is 15.7. The zero-order valence-corrected chi connectivity index (χ0v) is 20.0. The summed E-state index contributed by atoms with van der Waals surface area (Å²) in [7, 11) is 1.64. The highest BCUT2D eigenvalue weighted by Gasteiger charge is 2.23. The molecule has 2 heterocycles. The van der Waals surface area contributed by atoms with E-state index in [-0.39, 0.29) is 6.04 Å². The monoisotopic (exact) mass is 461 g/mol. The van der Waals surface area contributed by atoms with Crippen LogP contribution in [0.25, 0.3) is 21.3 Å². The molecule has 0 aliphatic heterocycles. The van der Waals surface area contributed by atoms with Gasteiger partial charge < -0.3 is 14.8 Å². The van der Waals surface area contributed by atoms with Gasteiger partial charge in [-0.15, -0.1) is 11.3 Å². The molecule has 4 aromatic rings. The van der Waals surface area contributed by atoms with Crippen molar-refractivity contribution < 1.29 is 14.3 Å². The number of hydrogen-bond donors (Lipinski definition) is 1. The van der Waals surface area contributed by atoms with Crippen LogP contribution in [0.15, 0.2) is 66.3 Å². The Balaban J connectivity index is 1.61. The molecule has 0 bridgehead atoms. The highest BCUT2D eigenvalue weighted by atomic mass is 32.1. The van der Waals surface area contributed by atoms with Crippen LogP contribution in [0.3, 0.4) is 0 Å². The molecule has 170 valence electrons. The minimum absolute atomic E-state index is 0.331. The second kappa shape index (κ2) is 9.58. The van der Waals surface area contributed by atoms with Gasteiger partial charge in [0.2, 0.25) is 0 Å². The zero-order chi connectivity index (χ0) is 23.4. The van der Waals surface area contributed by atoms with E-state index >= 15 is 0 Å². The lowest BCUT2D eigenvalue weighted by atomic mass is 10.0. The minimum Gasteiger partial charge on any atom is -0.497 e. The molecule has 0 saturated carbocycles. The van der Waals surface area contributed by atoms with Gasteiger partial charge in [-0.3, -0.25) is 4.98 Å². The highest BCUT2D eigenvalue weighted by Crippen LogP contribution is 2.30. The van der Waals surface area contributed by atoms with Crippen LogP contribution in [0.5, 0.6) is 5.75 Å². The fourth-order valence-corrected chi connectivity index (χ4v) is 4.34. The zero-order valence-electron chi connectivity index (χ0n) is 19.2. The van der Waals surface area contributed by atoms with E-state index < -0.39 is 11.7 Å². The van der Waals surface area contributed by atoms with Crippen LogP contribution in [0.1, 0.15) is 38.1 Å². The van der Waals surface area contributed by atoms with E-state index in [1.807, 2.05) is 74.8 Å². The maximum atomic E-state index is 12.6. The third kappa shape index (κ3) is 5.87. The molecule has 0 aliphatic rings. The van der Waals surface area contributed by atoms with Crippen molar-refractivity contribution in [2.45, 2.75) is 38.8 Å². The molecule has 2 aromatic carbocycles. The van der Waals surface area contributed by atoms with E-state index in [0.717, 1.165) is 38.4 Å². The van der Waals surface area contributed by atoms with Crippen LogP contribution < -0.4 is 10.1 Å². The van der Waals surface area contributed by atoms with Crippen LogP contribution in [-0.4, -0.2) is 28.8 Å². The van der Waals surface area contributed by atoms with E-state index in [1.54, 1.807) is 24.6 Å². The van der Waals surface area contributed by atoms with Gasteiger partial charge in [0, 0.05) is 28.7 Å². The number of hydrogen-bond acceptors (Lipinski definition) is 6. The first-order valence-corrected chi connectivity index (χ1v) is 11.6. The summed E-state index contributed by atoms with van der Waals surface area (Å²) in [4.78, 5) is 21.6. The Kier molecular flexibility index (Phi) is 6.60. The number of methoxy groups -OCH3 is 1. The van der Waals surface area contributed by atoms with Gasteiger partial charge in [0.1, 0.15) is 16.4 Å². The largest absolute Gasteiger partial charge is 0.497 e. The van der Waals surface area contributed by atoms with Crippen molar-refractivity contribution in [1.29, 1.82) is 0 Å². The Labute approximate surface area is 197 Å². The Morgan fingerprint density at radius 1 is 1.09 bits per heavy atom. The molecule has 6 nitrogen and oxygen atoms in total. The maximum Gasteiger partial charge on any atom is 0.408 e. The molecular weight excluding hydrogens is 434 g/mol. The number of carbonyl (C=O) groups excluding carboxylic acids is 1. The Bertz CT molecular complexity index is 1250. The van der Waals surface area contributed by atoms with Crippen molar-refractivity contribution in [2.24, 2.45) is 0 Å². The molecule has 1 atom stereocenters. The molecular formula is C26H27N3O3S. The molecule has 1 amide bonds. The van der Waals surface area contributed by atoms with Crippen molar-refractivity contribution in [1.82, 2.24) is 15.3 Å². The van der Waals surface area contributed by atoms with Crippen LogP contribution in [-0.2, 0) is 11.2 Å². The molecule has 0 spiro atoms. The van der Waals surface area contributed by atoms with Gasteiger partial charge in [0.15, 0.2) is 0 Å². The smallest absolute Gasteiger partial charge is 0.408 e. The van der Waals surface area contributed by atoms with Gasteiger partial charge in [-0.25, -0.2) is 9.78 Å². The molecule has 1 N–H and O–H groups in total. The van der Waals surface area contributed by atoms with Crippen molar-refractivity contribution in [3.8, 4) is 16.3 Å². The summed E-state index contributed by atoms with van der Waals surface area (Å²) >= 11 is 1.56. The number of amides is 1. The van der Waals surface area contributed by atoms with Gasteiger partial charge in [-0.1, -0.05) is 24.3 Å². The second-order valence-corrected chi connectivity index (χ2v) is 9.62.